The van der Waals surface area contributed by atoms with Gasteiger partial charge in [-0.1, -0.05) is 18.2 Å². The van der Waals surface area contributed by atoms with E-state index < -0.39 is 11.5 Å². The first kappa shape index (κ1) is 23.4. The lowest BCUT2D eigenvalue weighted by molar-refractivity contribution is -0.143. The summed E-state index contributed by atoms with van der Waals surface area (Å²) in [5, 5.41) is 14.2. The fraction of sp³-hybridized carbons (Fsp3) is 0.560. The summed E-state index contributed by atoms with van der Waals surface area (Å²) >= 11 is 0. The van der Waals surface area contributed by atoms with E-state index in [0.717, 1.165) is 11.1 Å². The molecule has 1 aromatic carbocycles. The van der Waals surface area contributed by atoms with Crippen molar-refractivity contribution in [3.63, 3.8) is 0 Å². The molecule has 33 heavy (non-hydrogen) atoms. The lowest BCUT2D eigenvalue weighted by Gasteiger charge is -2.46. The molecule has 8 nitrogen and oxygen atoms in total. The van der Waals surface area contributed by atoms with Gasteiger partial charge in [0.1, 0.15) is 0 Å². The third-order valence-corrected chi connectivity index (χ3v) is 7.04. The molecule has 0 fully saturated rings. The van der Waals surface area contributed by atoms with E-state index in [1.807, 2.05) is 37.0 Å². The van der Waals surface area contributed by atoms with Gasteiger partial charge in [0.05, 0.1) is 12.5 Å². The van der Waals surface area contributed by atoms with Crippen molar-refractivity contribution in [1.29, 1.82) is 0 Å². The second-order valence-electron chi connectivity index (χ2n) is 8.90. The number of amides is 2. The highest BCUT2D eigenvalue weighted by Gasteiger charge is 2.54. The molecule has 8 heteroatoms. The van der Waals surface area contributed by atoms with Crippen LogP contribution in [0.4, 0.5) is 5.69 Å². The van der Waals surface area contributed by atoms with Gasteiger partial charge in [0.25, 0.3) is 5.91 Å². The van der Waals surface area contributed by atoms with Crippen LogP contribution in [0.25, 0.3) is 5.57 Å². The highest BCUT2D eigenvalue weighted by Crippen LogP contribution is 2.51. The van der Waals surface area contributed by atoms with Crippen LogP contribution in [0.15, 0.2) is 24.3 Å². The number of esters is 1. The Bertz CT molecular complexity index is 986. The van der Waals surface area contributed by atoms with Crippen molar-refractivity contribution in [3.05, 3.63) is 35.4 Å². The van der Waals surface area contributed by atoms with E-state index in [1.54, 1.807) is 13.0 Å². The number of carbonyl (C=O) groups excluding carboxylic acids is 3. The third kappa shape index (κ3) is 4.06. The zero-order chi connectivity index (χ0) is 23.8. The number of hydrogen-bond acceptors (Lipinski definition) is 6. The first-order valence-corrected chi connectivity index (χ1v) is 11.9. The van der Waals surface area contributed by atoms with Crippen LogP contribution < -0.4 is 5.32 Å². The lowest BCUT2D eigenvalue weighted by Crippen LogP contribution is -2.53. The Labute approximate surface area is 194 Å². The molecule has 2 N–H and O–H groups in total. The van der Waals surface area contributed by atoms with Crippen molar-refractivity contribution < 1.29 is 24.2 Å². The van der Waals surface area contributed by atoms with Crippen LogP contribution in [-0.2, 0) is 24.7 Å². The van der Waals surface area contributed by atoms with E-state index in [1.165, 1.54) is 0 Å². The van der Waals surface area contributed by atoms with Gasteiger partial charge >= 0.3 is 5.97 Å². The monoisotopic (exact) mass is 455 g/mol. The quantitative estimate of drug-likeness (QED) is 0.583. The summed E-state index contributed by atoms with van der Waals surface area (Å²) in [6.07, 6.45) is 3.12. The van der Waals surface area contributed by atoms with E-state index in [0.29, 0.717) is 50.5 Å². The molecule has 2 heterocycles. The first-order chi connectivity index (χ1) is 15.8. The molecule has 0 aromatic heterocycles. The van der Waals surface area contributed by atoms with Crippen LogP contribution in [0.5, 0.6) is 0 Å². The minimum atomic E-state index is -1.59. The number of nitrogens with zero attached hydrogens (tertiary/aromatic N) is 2. The first-order valence-electron chi connectivity index (χ1n) is 11.9. The molecule has 4 rings (SSSR count). The molecule has 0 saturated heterocycles. The molecule has 0 radical (unpaired) electrons. The number of hydrogen-bond donors (Lipinski definition) is 2. The van der Waals surface area contributed by atoms with Crippen molar-refractivity contribution in [2.24, 2.45) is 5.92 Å². The van der Waals surface area contributed by atoms with E-state index in [4.69, 9.17) is 4.74 Å². The van der Waals surface area contributed by atoms with Crippen LogP contribution in [-0.4, -0.2) is 71.5 Å². The van der Waals surface area contributed by atoms with Crippen molar-refractivity contribution in [2.75, 3.05) is 38.1 Å². The van der Waals surface area contributed by atoms with Gasteiger partial charge in [-0.2, -0.15) is 0 Å². The minimum Gasteiger partial charge on any atom is -0.466 e. The molecule has 3 atom stereocenters. The summed E-state index contributed by atoms with van der Waals surface area (Å²) in [4.78, 5) is 41.9. The summed E-state index contributed by atoms with van der Waals surface area (Å²) in [6, 6.07) is 5.37. The number of fused-ring (bicyclic) bond motifs is 2. The van der Waals surface area contributed by atoms with E-state index >= 15 is 0 Å². The molecular weight excluding hydrogens is 422 g/mol. The molecule has 3 aliphatic rings. The minimum absolute atomic E-state index is 0.0731. The van der Waals surface area contributed by atoms with Crippen LogP contribution in [0.3, 0.4) is 0 Å². The van der Waals surface area contributed by atoms with Gasteiger partial charge in [0.2, 0.25) is 5.91 Å². The van der Waals surface area contributed by atoms with Gasteiger partial charge in [-0.3, -0.25) is 19.3 Å². The highest BCUT2D eigenvalue weighted by molar-refractivity contribution is 6.08. The number of nitrogens with one attached hydrogen (secondary N) is 1. The number of ether oxygens (including phenoxy) is 1. The summed E-state index contributed by atoms with van der Waals surface area (Å²) in [5.74, 6) is -0.903. The lowest BCUT2D eigenvalue weighted by atomic mass is 9.71. The molecule has 2 aliphatic heterocycles. The van der Waals surface area contributed by atoms with E-state index in [9.17, 15) is 19.5 Å². The van der Waals surface area contributed by atoms with Crippen LogP contribution in [0, 0.1) is 5.92 Å². The summed E-state index contributed by atoms with van der Waals surface area (Å²) in [6.45, 7) is 8.40. The van der Waals surface area contributed by atoms with Gasteiger partial charge in [-0.15, -0.1) is 0 Å². The second kappa shape index (κ2) is 9.27. The molecular formula is C25H33N3O5. The van der Waals surface area contributed by atoms with Gasteiger partial charge in [-0.25, -0.2) is 0 Å². The molecule has 3 unspecified atom stereocenters. The van der Waals surface area contributed by atoms with Crippen molar-refractivity contribution in [1.82, 2.24) is 9.80 Å². The highest BCUT2D eigenvalue weighted by atomic mass is 16.5. The molecule has 2 amide bonds. The molecule has 0 saturated carbocycles. The largest absolute Gasteiger partial charge is 0.466 e. The number of rotatable bonds is 8. The zero-order valence-electron chi connectivity index (χ0n) is 19.6. The summed E-state index contributed by atoms with van der Waals surface area (Å²) in [5.41, 5.74) is 1.44. The summed E-state index contributed by atoms with van der Waals surface area (Å²) in [7, 11) is 0. The zero-order valence-corrected chi connectivity index (χ0v) is 19.6. The Morgan fingerprint density at radius 2 is 2.03 bits per heavy atom. The number of aliphatic hydroxyl groups is 1. The molecule has 1 aliphatic carbocycles. The van der Waals surface area contributed by atoms with Crippen LogP contribution in [0.1, 0.15) is 51.2 Å². The Balaban J connectivity index is 1.70. The topological polar surface area (TPSA) is 99.2 Å². The third-order valence-electron chi connectivity index (χ3n) is 7.04. The number of benzene rings is 1. The van der Waals surface area contributed by atoms with Crippen molar-refractivity contribution in [2.45, 2.75) is 51.7 Å². The molecule has 178 valence electrons. The Morgan fingerprint density at radius 1 is 1.27 bits per heavy atom. The maximum absolute atomic E-state index is 13.3. The predicted molar refractivity (Wildman–Crippen MR) is 124 cm³/mol. The average Bonchev–Trinajstić information content (AvgIpc) is 3.05. The second-order valence-corrected chi connectivity index (χ2v) is 8.90. The van der Waals surface area contributed by atoms with Gasteiger partial charge in [0, 0.05) is 49.8 Å². The van der Waals surface area contributed by atoms with E-state index in [-0.39, 0.29) is 36.7 Å². The van der Waals surface area contributed by atoms with Crippen LogP contribution in [0.2, 0.25) is 0 Å². The van der Waals surface area contributed by atoms with Crippen molar-refractivity contribution in [3.8, 4) is 0 Å². The maximum atomic E-state index is 13.3. The summed E-state index contributed by atoms with van der Waals surface area (Å²) < 4.78 is 5.05. The normalized spacial score (nSPS) is 25.6. The average molecular weight is 456 g/mol. The fourth-order valence-corrected chi connectivity index (χ4v) is 5.45. The Morgan fingerprint density at radius 3 is 2.73 bits per heavy atom. The fourth-order valence-electron chi connectivity index (χ4n) is 5.45. The molecule has 1 aromatic rings. The Kier molecular flexibility index (Phi) is 6.59. The van der Waals surface area contributed by atoms with Gasteiger partial charge in [-0.05, 0) is 50.9 Å². The van der Waals surface area contributed by atoms with Gasteiger partial charge < -0.3 is 20.1 Å². The Hall–Kier alpha value is -2.71. The van der Waals surface area contributed by atoms with E-state index in [2.05, 4.69) is 10.2 Å². The smallest absolute Gasteiger partial charge is 0.305 e. The maximum Gasteiger partial charge on any atom is 0.305 e. The molecule has 0 bridgehead atoms. The predicted octanol–water partition coefficient (Wildman–Crippen LogP) is 2.13. The van der Waals surface area contributed by atoms with Crippen LogP contribution >= 0.6 is 0 Å². The number of anilines is 1. The van der Waals surface area contributed by atoms with Crippen molar-refractivity contribution >= 4 is 29.0 Å². The molecule has 0 spiro atoms. The standard InChI is InChI=1S/C25H33N3O5/c1-4-27(5-2)23(30)16-13-18-17-9-7-10-19-22(17)25(32,24(31)26-19)14-20(18)28(15-16)12-8-11-21(29)33-6-3/h7,9-10,13,16,20,32H,4-6,8,11-12,14-15H2,1-3H3,(H,26,31). The number of carbonyl (C=O) groups is 3. The van der Waals surface area contributed by atoms with Gasteiger partial charge in [0.15, 0.2) is 5.60 Å². The SMILES string of the molecule is CCOC(=O)CCCN1CC(C(=O)N(CC)CC)C=C2c3cccc4c3C(O)(CC21)C(=O)N4.